The van der Waals surface area contributed by atoms with E-state index in [0.717, 1.165) is 37.7 Å². The Morgan fingerprint density at radius 3 is 2.70 bits per heavy atom. The van der Waals surface area contributed by atoms with Crippen molar-refractivity contribution in [3.05, 3.63) is 47.2 Å². The van der Waals surface area contributed by atoms with Crippen LogP contribution in [-0.2, 0) is 6.18 Å². The summed E-state index contributed by atoms with van der Waals surface area (Å²) in [6.45, 7) is 1.56. The molecule has 2 fully saturated rings. The number of hydrogen-bond acceptors (Lipinski definition) is 5. The highest BCUT2D eigenvalue weighted by molar-refractivity contribution is 6.30. The Labute approximate surface area is 160 Å². The number of rotatable bonds is 3. The molecule has 0 saturated carbocycles. The average molecular weight is 398 g/mol. The Hall–Kier alpha value is -2.06. The molecule has 4 rings (SSSR count). The van der Waals surface area contributed by atoms with Crippen molar-refractivity contribution in [3.8, 4) is 0 Å². The van der Waals surface area contributed by atoms with Crippen molar-refractivity contribution >= 4 is 23.2 Å². The van der Waals surface area contributed by atoms with Gasteiger partial charge in [0.1, 0.15) is 17.3 Å². The summed E-state index contributed by atoms with van der Waals surface area (Å²) in [6.07, 6.45) is -0.0180. The molecule has 0 amide bonds. The van der Waals surface area contributed by atoms with E-state index < -0.39 is 11.9 Å². The summed E-state index contributed by atoms with van der Waals surface area (Å²) in [4.78, 5) is 12.5. The lowest BCUT2D eigenvalue weighted by Gasteiger charge is -2.41. The Balaban J connectivity index is 1.48. The van der Waals surface area contributed by atoms with Crippen molar-refractivity contribution in [1.82, 2.24) is 14.9 Å². The Morgan fingerprint density at radius 1 is 1.11 bits per heavy atom. The predicted octanol–water partition coefficient (Wildman–Crippen LogP) is 4.22. The van der Waals surface area contributed by atoms with E-state index in [4.69, 9.17) is 11.6 Å². The molecule has 1 N–H and O–H groups in total. The van der Waals surface area contributed by atoms with Gasteiger partial charge in [-0.15, -0.1) is 0 Å². The molecule has 144 valence electrons. The van der Waals surface area contributed by atoms with Crippen LogP contribution in [0.15, 0.2) is 36.5 Å². The van der Waals surface area contributed by atoms with Crippen LogP contribution in [0.3, 0.4) is 0 Å². The molecule has 2 aromatic rings. The van der Waals surface area contributed by atoms with Crippen LogP contribution in [0.4, 0.5) is 24.8 Å². The highest BCUT2D eigenvalue weighted by Gasteiger charge is 2.38. The molecule has 0 radical (unpaired) electrons. The Bertz CT molecular complexity index is 798. The number of alkyl halides is 3. The molecule has 4 heterocycles. The van der Waals surface area contributed by atoms with Crippen LogP contribution in [0, 0.1) is 0 Å². The maximum absolute atomic E-state index is 12.9. The number of pyridine rings is 2. The number of halogens is 4. The fraction of sp³-hybridized carbons (Fsp3) is 0.444. The minimum atomic E-state index is -4.45. The SMILES string of the molecule is FC(F)(F)c1cccc(N[C@@H]2CC[C@H]3CCN(c4ccc(Cl)cn4)CN32)n1. The fourth-order valence-corrected chi connectivity index (χ4v) is 3.89. The van der Waals surface area contributed by atoms with Crippen molar-refractivity contribution in [2.75, 3.05) is 23.4 Å². The lowest BCUT2D eigenvalue weighted by molar-refractivity contribution is -0.141. The normalized spacial score (nSPS) is 23.3. The zero-order chi connectivity index (χ0) is 19.0. The Kier molecular flexibility index (Phi) is 4.86. The van der Waals surface area contributed by atoms with Crippen LogP contribution in [0.1, 0.15) is 25.0 Å². The van der Waals surface area contributed by atoms with E-state index >= 15 is 0 Å². The lowest BCUT2D eigenvalue weighted by Crippen LogP contribution is -2.52. The number of hydrogen-bond donors (Lipinski definition) is 1. The molecular formula is C18H19ClF3N5. The van der Waals surface area contributed by atoms with Gasteiger partial charge in [-0.25, -0.2) is 9.97 Å². The highest BCUT2D eigenvalue weighted by atomic mass is 35.5. The Morgan fingerprint density at radius 2 is 1.96 bits per heavy atom. The first-order valence-electron chi connectivity index (χ1n) is 8.83. The predicted molar refractivity (Wildman–Crippen MR) is 97.6 cm³/mol. The van der Waals surface area contributed by atoms with Crippen molar-refractivity contribution in [3.63, 3.8) is 0 Å². The quantitative estimate of drug-likeness (QED) is 0.840. The minimum absolute atomic E-state index is 0.0546. The van der Waals surface area contributed by atoms with Crippen LogP contribution in [0.2, 0.25) is 5.02 Å². The maximum atomic E-state index is 12.9. The number of anilines is 2. The highest BCUT2D eigenvalue weighted by Crippen LogP contribution is 2.33. The van der Waals surface area contributed by atoms with E-state index in [2.05, 4.69) is 25.1 Å². The third kappa shape index (κ3) is 3.96. The molecule has 2 saturated heterocycles. The zero-order valence-corrected chi connectivity index (χ0v) is 15.2. The number of fused-ring (bicyclic) bond motifs is 1. The summed E-state index contributed by atoms with van der Waals surface area (Å²) >= 11 is 5.91. The first-order valence-corrected chi connectivity index (χ1v) is 9.21. The van der Waals surface area contributed by atoms with E-state index in [1.54, 1.807) is 12.3 Å². The van der Waals surface area contributed by atoms with Gasteiger partial charge in [0, 0.05) is 18.8 Å². The summed E-state index contributed by atoms with van der Waals surface area (Å²) in [6, 6.07) is 8.04. The second kappa shape index (κ2) is 7.16. The third-order valence-electron chi connectivity index (χ3n) is 5.10. The van der Waals surface area contributed by atoms with E-state index in [0.29, 0.717) is 17.7 Å². The van der Waals surface area contributed by atoms with Gasteiger partial charge in [-0.2, -0.15) is 13.2 Å². The lowest BCUT2D eigenvalue weighted by atomic mass is 10.1. The van der Waals surface area contributed by atoms with Crippen LogP contribution >= 0.6 is 11.6 Å². The molecule has 2 atom stereocenters. The molecular weight excluding hydrogens is 379 g/mol. The second-order valence-electron chi connectivity index (χ2n) is 6.84. The van der Waals surface area contributed by atoms with Gasteiger partial charge in [-0.05, 0) is 43.5 Å². The molecule has 2 aliphatic heterocycles. The van der Waals surface area contributed by atoms with Crippen LogP contribution in [-0.4, -0.2) is 40.3 Å². The van der Waals surface area contributed by atoms with Gasteiger partial charge in [0.2, 0.25) is 0 Å². The summed E-state index contributed by atoms with van der Waals surface area (Å²) in [7, 11) is 0. The topological polar surface area (TPSA) is 44.3 Å². The molecule has 0 unspecified atom stereocenters. The van der Waals surface area contributed by atoms with E-state index in [1.165, 1.54) is 6.07 Å². The monoisotopic (exact) mass is 397 g/mol. The van der Waals surface area contributed by atoms with E-state index in [-0.39, 0.29) is 12.0 Å². The second-order valence-corrected chi connectivity index (χ2v) is 7.28. The zero-order valence-electron chi connectivity index (χ0n) is 14.5. The molecule has 0 spiro atoms. The molecule has 0 aliphatic carbocycles. The average Bonchev–Trinajstić information content (AvgIpc) is 3.04. The number of aromatic nitrogens is 2. The summed E-state index contributed by atoms with van der Waals surface area (Å²) < 4.78 is 38.7. The van der Waals surface area contributed by atoms with Crippen LogP contribution in [0.25, 0.3) is 0 Å². The molecule has 27 heavy (non-hydrogen) atoms. The number of nitrogens with one attached hydrogen (secondary N) is 1. The molecule has 0 aromatic carbocycles. The number of nitrogens with zero attached hydrogens (tertiary/aromatic N) is 4. The van der Waals surface area contributed by atoms with Crippen molar-refractivity contribution in [2.24, 2.45) is 0 Å². The third-order valence-corrected chi connectivity index (χ3v) is 5.32. The van der Waals surface area contributed by atoms with E-state index in [1.807, 2.05) is 12.1 Å². The fourth-order valence-electron chi connectivity index (χ4n) is 3.77. The van der Waals surface area contributed by atoms with Crippen LogP contribution < -0.4 is 10.2 Å². The molecule has 2 aromatic heterocycles. The summed E-state index contributed by atoms with van der Waals surface area (Å²) in [5.41, 5.74) is -0.882. The molecule has 2 aliphatic rings. The molecule has 0 bridgehead atoms. The first kappa shape index (κ1) is 18.3. The van der Waals surface area contributed by atoms with Crippen LogP contribution in [0.5, 0.6) is 0 Å². The van der Waals surface area contributed by atoms with Crippen molar-refractivity contribution < 1.29 is 13.2 Å². The standard InChI is InChI=1S/C18H19ClF3N5/c19-12-4-6-16(23-10-12)26-9-8-13-5-7-17(27(13)11-26)25-15-3-1-2-14(24-15)18(20,21)22/h1-4,6,10,13,17H,5,7-9,11H2,(H,24,25)/t13-,17-/m0/s1. The largest absolute Gasteiger partial charge is 0.433 e. The van der Waals surface area contributed by atoms with Gasteiger partial charge < -0.3 is 10.2 Å². The van der Waals surface area contributed by atoms with Gasteiger partial charge in [-0.3, -0.25) is 4.90 Å². The van der Waals surface area contributed by atoms with Gasteiger partial charge >= 0.3 is 6.18 Å². The molecule has 5 nitrogen and oxygen atoms in total. The maximum Gasteiger partial charge on any atom is 0.433 e. The van der Waals surface area contributed by atoms with Gasteiger partial charge in [0.15, 0.2) is 0 Å². The first-order chi connectivity index (χ1) is 12.9. The summed E-state index contributed by atoms with van der Waals surface area (Å²) in [5.74, 6) is 1.10. The molecule has 9 heteroatoms. The van der Waals surface area contributed by atoms with Gasteiger partial charge in [0.05, 0.1) is 17.9 Å². The smallest absolute Gasteiger partial charge is 0.354 e. The van der Waals surface area contributed by atoms with Crippen molar-refractivity contribution in [1.29, 1.82) is 0 Å². The van der Waals surface area contributed by atoms with Gasteiger partial charge in [0.25, 0.3) is 0 Å². The van der Waals surface area contributed by atoms with E-state index in [9.17, 15) is 13.2 Å². The summed E-state index contributed by atoms with van der Waals surface area (Å²) in [5, 5.41) is 3.77. The van der Waals surface area contributed by atoms with Crippen molar-refractivity contribution in [2.45, 2.75) is 37.6 Å². The van der Waals surface area contributed by atoms with Gasteiger partial charge in [-0.1, -0.05) is 17.7 Å². The minimum Gasteiger partial charge on any atom is -0.354 e.